The second-order valence-corrected chi connectivity index (χ2v) is 7.90. The highest BCUT2D eigenvalue weighted by atomic mass is 16.5. The van der Waals surface area contributed by atoms with Crippen LogP contribution < -0.4 is 20.1 Å². The summed E-state index contributed by atoms with van der Waals surface area (Å²) in [7, 11) is 3.36. The zero-order chi connectivity index (χ0) is 19.7. The third-order valence-electron chi connectivity index (χ3n) is 6.49. The summed E-state index contributed by atoms with van der Waals surface area (Å²) < 4.78 is 11.0. The largest absolute Gasteiger partial charge is 0.497 e. The number of para-hydroxylation sites is 2. The molecule has 0 spiro atoms. The summed E-state index contributed by atoms with van der Waals surface area (Å²) in [5.41, 5.74) is 7.47. The third-order valence-corrected chi connectivity index (χ3v) is 6.49. The van der Waals surface area contributed by atoms with Crippen LogP contribution in [0.4, 0.5) is 5.69 Å². The van der Waals surface area contributed by atoms with Crippen LogP contribution in [0.5, 0.6) is 11.5 Å². The summed E-state index contributed by atoms with van der Waals surface area (Å²) in [4.78, 5) is 15.3. The predicted molar refractivity (Wildman–Crippen MR) is 110 cm³/mol. The lowest BCUT2D eigenvalue weighted by Gasteiger charge is -2.54. The van der Waals surface area contributed by atoms with Gasteiger partial charge in [0.1, 0.15) is 11.5 Å². The first-order chi connectivity index (χ1) is 13.6. The van der Waals surface area contributed by atoms with E-state index in [1.165, 1.54) is 6.42 Å². The molecule has 2 aromatic carbocycles. The minimum atomic E-state index is -0.664. The van der Waals surface area contributed by atoms with Crippen molar-refractivity contribution in [3.8, 4) is 11.5 Å². The molecule has 0 aliphatic carbocycles. The topological polar surface area (TPSA) is 64.8 Å². The number of benzene rings is 2. The molecule has 148 valence electrons. The Morgan fingerprint density at radius 3 is 2.39 bits per heavy atom. The van der Waals surface area contributed by atoms with Crippen molar-refractivity contribution in [1.29, 1.82) is 0 Å². The molecule has 0 saturated carbocycles. The molecule has 3 atom stereocenters. The van der Waals surface area contributed by atoms with Crippen molar-refractivity contribution in [2.24, 2.45) is 5.73 Å². The summed E-state index contributed by atoms with van der Waals surface area (Å²) in [5.74, 6) is 1.40. The molecule has 2 aromatic rings. The lowest BCUT2D eigenvalue weighted by Crippen LogP contribution is -2.60. The van der Waals surface area contributed by atoms with E-state index in [2.05, 4.69) is 11.0 Å². The van der Waals surface area contributed by atoms with E-state index in [0.717, 1.165) is 35.6 Å². The number of carbonyl (C=O) groups excluding carboxylic acids is 1. The number of amides is 1. The number of anilines is 1. The number of nitrogens with two attached hydrogens (primary N) is 1. The Morgan fingerprint density at radius 2 is 1.75 bits per heavy atom. The Hall–Kier alpha value is -2.69. The molecule has 0 radical (unpaired) electrons. The summed E-state index contributed by atoms with van der Waals surface area (Å²) in [6.07, 6.45) is 4.70. The quantitative estimate of drug-likeness (QED) is 0.860. The van der Waals surface area contributed by atoms with Gasteiger partial charge in [-0.2, -0.15) is 0 Å². The molecule has 5 nitrogen and oxygen atoms in total. The molecule has 2 aliphatic heterocycles. The average Bonchev–Trinajstić information content (AvgIpc) is 2.72. The highest BCUT2D eigenvalue weighted by molar-refractivity contribution is 5.87. The van der Waals surface area contributed by atoms with Crippen LogP contribution in [0.15, 0.2) is 48.5 Å². The van der Waals surface area contributed by atoms with Crippen LogP contribution in [0.3, 0.4) is 0 Å². The summed E-state index contributed by atoms with van der Waals surface area (Å²) in [5, 5.41) is 0. The highest BCUT2D eigenvalue weighted by Crippen LogP contribution is 2.49. The first-order valence-corrected chi connectivity index (χ1v) is 9.95. The molecule has 5 heteroatoms. The van der Waals surface area contributed by atoms with Crippen LogP contribution in [0.25, 0.3) is 0 Å². The number of fused-ring (bicyclic) bond motifs is 2. The van der Waals surface area contributed by atoms with Gasteiger partial charge in [0.05, 0.1) is 25.3 Å². The van der Waals surface area contributed by atoms with E-state index in [9.17, 15) is 4.79 Å². The van der Waals surface area contributed by atoms with Gasteiger partial charge in [-0.15, -0.1) is 0 Å². The molecule has 2 N–H and O–H groups in total. The Labute approximate surface area is 166 Å². The van der Waals surface area contributed by atoms with Gasteiger partial charge >= 0.3 is 0 Å². The predicted octanol–water partition coefficient (Wildman–Crippen LogP) is 3.65. The van der Waals surface area contributed by atoms with Crippen molar-refractivity contribution in [3.05, 3.63) is 54.1 Å². The molecule has 2 saturated heterocycles. The number of primary amides is 1. The standard InChI is InChI=1S/C23H28N2O3/c1-27-19-10-5-7-16(13-19)23(22(24)26)14-17-8-6-9-18(15-23)25(17)20-11-3-4-12-21(20)28-2/h3-5,7,10-13,17-18H,6,8-9,14-15H2,1-2H3,(H2,24,26)/t17-,18+,23?. The van der Waals surface area contributed by atoms with Crippen LogP contribution in [0.1, 0.15) is 37.7 Å². The summed E-state index contributed by atoms with van der Waals surface area (Å²) in [6.45, 7) is 0. The van der Waals surface area contributed by atoms with E-state index < -0.39 is 5.41 Å². The second-order valence-electron chi connectivity index (χ2n) is 7.90. The van der Waals surface area contributed by atoms with E-state index >= 15 is 0 Å². The molecule has 2 aliphatic rings. The van der Waals surface area contributed by atoms with Gasteiger partial charge in [0, 0.05) is 12.1 Å². The summed E-state index contributed by atoms with van der Waals surface area (Å²) >= 11 is 0. The minimum absolute atomic E-state index is 0.239. The maximum Gasteiger partial charge on any atom is 0.228 e. The smallest absolute Gasteiger partial charge is 0.228 e. The molecule has 2 fully saturated rings. The van der Waals surface area contributed by atoms with Crippen molar-refractivity contribution in [2.75, 3.05) is 19.1 Å². The maximum absolute atomic E-state index is 12.8. The third kappa shape index (κ3) is 2.99. The number of nitrogens with zero attached hydrogens (tertiary/aromatic N) is 1. The number of hydrogen-bond donors (Lipinski definition) is 1. The fraction of sp³-hybridized carbons (Fsp3) is 0.435. The van der Waals surface area contributed by atoms with Gasteiger partial charge in [-0.25, -0.2) is 0 Å². The number of ether oxygens (including phenoxy) is 2. The average molecular weight is 380 g/mol. The number of rotatable bonds is 5. The number of carbonyl (C=O) groups is 1. The van der Waals surface area contributed by atoms with Gasteiger partial charge < -0.3 is 20.1 Å². The molecule has 1 unspecified atom stereocenters. The Kier molecular flexibility index (Phi) is 4.92. The number of piperidine rings is 2. The molecular weight excluding hydrogens is 352 g/mol. The normalized spacial score (nSPS) is 26.6. The molecule has 28 heavy (non-hydrogen) atoms. The van der Waals surface area contributed by atoms with Gasteiger partial charge in [-0.05, 0) is 61.9 Å². The highest BCUT2D eigenvalue weighted by Gasteiger charge is 2.51. The van der Waals surface area contributed by atoms with Crippen molar-refractivity contribution in [2.45, 2.75) is 49.6 Å². The number of methoxy groups -OCH3 is 2. The van der Waals surface area contributed by atoms with Crippen molar-refractivity contribution in [1.82, 2.24) is 0 Å². The van der Waals surface area contributed by atoms with Gasteiger partial charge in [-0.3, -0.25) is 4.79 Å². The van der Waals surface area contributed by atoms with E-state index in [1.54, 1.807) is 14.2 Å². The maximum atomic E-state index is 12.8. The molecular formula is C23H28N2O3. The Balaban J connectivity index is 1.76. The molecule has 1 amide bonds. The Morgan fingerprint density at radius 1 is 1.04 bits per heavy atom. The molecule has 2 heterocycles. The minimum Gasteiger partial charge on any atom is -0.497 e. The van der Waals surface area contributed by atoms with E-state index in [4.69, 9.17) is 15.2 Å². The molecule has 0 aromatic heterocycles. The fourth-order valence-corrected chi connectivity index (χ4v) is 5.19. The first kappa shape index (κ1) is 18.7. The molecule has 4 rings (SSSR count). The van der Waals surface area contributed by atoms with Crippen LogP contribution >= 0.6 is 0 Å². The van der Waals surface area contributed by atoms with E-state index in [1.807, 2.05) is 42.5 Å². The van der Waals surface area contributed by atoms with Gasteiger partial charge in [0.2, 0.25) is 5.91 Å². The van der Waals surface area contributed by atoms with Crippen LogP contribution in [0, 0.1) is 0 Å². The zero-order valence-corrected chi connectivity index (χ0v) is 16.6. The molecule has 2 bridgehead atoms. The van der Waals surface area contributed by atoms with E-state index in [0.29, 0.717) is 12.8 Å². The Bertz CT molecular complexity index is 852. The fourth-order valence-electron chi connectivity index (χ4n) is 5.19. The van der Waals surface area contributed by atoms with Gasteiger partial charge in [0.25, 0.3) is 0 Å². The lowest BCUT2D eigenvalue weighted by molar-refractivity contribution is -0.125. The van der Waals surface area contributed by atoms with Crippen LogP contribution in [-0.4, -0.2) is 32.2 Å². The number of hydrogen-bond acceptors (Lipinski definition) is 4. The first-order valence-electron chi connectivity index (χ1n) is 9.95. The van der Waals surface area contributed by atoms with Crippen molar-refractivity contribution < 1.29 is 14.3 Å². The van der Waals surface area contributed by atoms with Crippen LogP contribution in [0.2, 0.25) is 0 Å². The monoisotopic (exact) mass is 380 g/mol. The second kappa shape index (κ2) is 7.38. The zero-order valence-electron chi connectivity index (χ0n) is 16.6. The van der Waals surface area contributed by atoms with Crippen molar-refractivity contribution in [3.63, 3.8) is 0 Å². The van der Waals surface area contributed by atoms with Crippen LogP contribution in [-0.2, 0) is 10.2 Å². The van der Waals surface area contributed by atoms with Crippen molar-refractivity contribution >= 4 is 11.6 Å². The van der Waals surface area contributed by atoms with E-state index in [-0.39, 0.29) is 18.0 Å². The lowest BCUT2D eigenvalue weighted by atomic mass is 9.64. The summed E-state index contributed by atoms with van der Waals surface area (Å²) in [6, 6.07) is 16.5. The van der Waals surface area contributed by atoms with Gasteiger partial charge in [-0.1, -0.05) is 24.3 Å². The SMILES string of the molecule is COc1cccc(C2(C(N)=O)C[C@H]3CCC[C@@H](C2)N3c2ccccc2OC)c1. The van der Waals surface area contributed by atoms with Gasteiger partial charge in [0.15, 0.2) is 0 Å².